The Bertz CT molecular complexity index is 1170. The first-order chi connectivity index (χ1) is 15.6. The summed E-state index contributed by atoms with van der Waals surface area (Å²) in [5, 5.41) is 4.76. The summed E-state index contributed by atoms with van der Waals surface area (Å²) in [6.45, 7) is 0.500. The molecular formula is C26H24N2O4. The van der Waals surface area contributed by atoms with Gasteiger partial charge in [-0.1, -0.05) is 66.7 Å². The third-order valence-electron chi connectivity index (χ3n) is 6.32. The van der Waals surface area contributed by atoms with Gasteiger partial charge >= 0.3 is 0 Å². The fourth-order valence-corrected chi connectivity index (χ4v) is 4.75. The standard InChI is InChI=1S/C26H24N2O4/c29-22-16-32-23-13-14-28(24(22)23)26(31)21(15-17-7-2-1-3-8-17)27-25(30)20-12-6-10-18-9-4-5-11-19(18)20/h1-12,21,23-24H,13-16H2,(H,27,30)/t21-,23+,24+/m0/s1. The highest BCUT2D eigenvalue weighted by molar-refractivity contribution is 6.08. The van der Waals surface area contributed by atoms with E-state index in [0.29, 0.717) is 24.9 Å². The number of Topliss-reactive ketones (excluding diaryl/α,β-unsaturated/α-hetero) is 1. The number of carbonyl (C=O) groups excluding carboxylic acids is 3. The van der Waals surface area contributed by atoms with Crippen molar-refractivity contribution in [1.29, 1.82) is 0 Å². The molecule has 0 aromatic heterocycles. The fourth-order valence-electron chi connectivity index (χ4n) is 4.75. The molecule has 0 radical (unpaired) electrons. The van der Waals surface area contributed by atoms with Crippen molar-refractivity contribution in [2.24, 2.45) is 0 Å². The topological polar surface area (TPSA) is 75.7 Å². The maximum atomic E-state index is 13.6. The van der Waals surface area contributed by atoms with Crippen LogP contribution in [-0.2, 0) is 20.7 Å². The minimum Gasteiger partial charge on any atom is -0.368 e. The van der Waals surface area contributed by atoms with Gasteiger partial charge in [-0.3, -0.25) is 14.4 Å². The monoisotopic (exact) mass is 428 g/mol. The molecule has 3 aromatic rings. The van der Waals surface area contributed by atoms with E-state index in [0.717, 1.165) is 16.3 Å². The van der Waals surface area contributed by atoms with Crippen LogP contribution in [0.25, 0.3) is 10.8 Å². The zero-order valence-corrected chi connectivity index (χ0v) is 17.6. The van der Waals surface area contributed by atoms with Gasteiger partial charge in [0.1, 0.15) is 18.7 Å². The zero-order chi connectivity index (χ0) is 22.1. The SMILES string of the molecule is O=C(N[C@@H](Cc1ccccc1)C(=O)N1CC[C@H]2OCC(=O)[C@H]21)c1cccc2ccccc12. The quantitative estimate of drug-likeness (QED) is 0.678. The molecule has 5 rings (SSSR count). The maximum absolute atomic E-state index is 13.6. The lowest BCUT2D eigenvalue weighted by molar-refractivity contribution is -0.138. The van der Waals surface area contributed by atoms with E-state index in [2.05, 4.69) is 5.32 Å². The summed E-state index contributed by atoms with van der Waals surface area (Å²) in [7, 11) is 0. The molecular weight excluding hydrogens is 404 g/mol. The van der Waals surface area contributed by atoms with Crippen molar-refractivity contribution in [3.05, 3.63) is 83.9 Å². The molecule has 6 heteroatoms. The van der Waals surface area contributed by atoms with E-state index in [1.807, 2.05) is 66.7 Å². The number of benzene rings is 3. The molecule has 0 bridgehead atoms. The van der Waals surface area contributed by atoms with E-state index in [1.54, 1.807) is 11.0 Å². The number of amides is 2. The van der Waals surface area contributed by atoms with Gasteiger partial charge in [0.15, 0.2) is 5.78 Å². The van der Waals surface area contributed by atoms with E-state index in [1.165, 1.54) is 0 Å². The van der Waals surface area contributed by atoms with Crippen LogP contribution in [0.4, 0.5) is 0 Å². The molecule has 32 heavy (non-hydrogen) atoms. The molecule has 2 fully saturated rings. The molecule has 3 aromatic carbocycles. The third-order valence-corrected chi connectivity index (χ3v) is 6.32. The molecule has 2 aliphatic heterocycles. The van der Waals surface area contributed by atoms with E-state index in [-0.39, 0.29) is 30.3 Å². The number of likely N-dealkylation sites (tertiary alicyclic amines) is 1. The zero-order valence-electron chi connectivity index (χ0n) is 17.6. The van der Waals surface area contributed by atoms with Gasteiger partial charge in [0, 0.05) is 18.5 Å². The number of fused-ring (bicyclic) bond motifs is 2. The van der Waals surface area contributed by atoms with Gasteiger partial charge in [0.2, 0.25) is 5.91 Å². The Hall–Kier alpha value is -3.51. The van der Waals surface area contributed by atoms with Crippen LogP contribution < -0.4 is 5.32 Å². The van der Waals surface area contributed by atoms with Crippen molar-refractivity contribution < 1.29 is 19.1 Å². The highest BCUT2D eigenvalue weighted by Crippen LogP contribution is 2.28. The van der Waals surface area contributed by atoms with Crippen molar-refractivity contribution in [3.63, 3.8) is 0 Å². The Labute approximate surface area is 186 Å². The number of nitrogens with zero attached hydrogens (tertiary/aromatic N) is 1. The molecule has 6 nitrogen and oxygen atoms in total. The van der Waals surface area contributed by atoms with Gasteiger partial charge in [0.25, 0.3) is 5.91 Å². The van der Waals surface area contributed by atoms with Crippen molar-refractivity contribution in [3.8, 4) is 0 Å². The summed E-state index contributed by atoms with van der Waals surface area (Å²) >= 11 is 0. The number of nitrogens with one attached hydrogen (secondary N) is 1. The van der Waals surface area contributed by atoms with Gasteiger partial charge in [-0.05, 0) is 28.8 Å². The predicted octanol–water partition coefficient (Wildman–Crippen LogP) is 2.75. The third kappa shape index (κ3) is 3.78. The predicted molar refractivity (Wildman–Crippen MR) is 120 cm³/mol. The fraction of sp³-hybridized carbons (Fsp3) is 0.269. The largest absolute Gasteiger partial charge is 0.368 e. The second kappa shape index (κ2) is 8.55. The molecule has 3 atom stereocenters. The molecule has 162 valence electrons. The second-order valence-corrected chi connectivity index (χ2v) is 8.32. The van der Waals surface area contributed by atoms with Crippen LogP contribution in [0.2, 0.25) is 0 Å². The van der Waals surface area contributed by atoms with E-state index in [9.17, 15) is 14.4 Å². The molecule has 0 unspecified atom stereocenters. The van der Waals surface area contributed by atoms with Gasteiger partial charge in [0.05, 0.1) is 6.10 Å². The van der Waals surface area contributed by atoms with Gasteiger partial charge in [-0.25, -0.2) is 0 Å². The molecule has 0 aliphatic carbocycles. The van der Waals surface area contributed by atoms with E-state index in [4.69, 9.17) is 4.74 Å². The first kappa shape index (κ1) is 20.4. The summed E-state index contributed by atoms with van der Waals surface area (Å²) in [5.41, 5.74) is 1.46. The summed E-state index contributed by atoms with van der Waals surface area (Å²) in [6.07, 6.45) is 0.744. The summed E-state index contributed by atoms with van der Waals surface area (Å²) < 4.78 is 5.54. The van der Waals surface area contributed by atoms with Crippen LogP contribution in [-0.4, -0.2) is 53.8 Å². The Morgan fingerprint density at radius 3 is 2.59 bits per heavy atom. The van der Waals surface area contributed by atoms with E-state index >= 15 is 0 Å². The maximum Gasteiger partial charge on any atom is 0.252 e. The smallest absolute Gasteiger partial charge is 0.252 e. The Morgan fingerprint density at radius 2 is 1.75 bits per heavy atom. The second-order valence-electron chi connectivity index (χ2n) is 8.32. The molecule has 1 N–H and O–H groups in total. The van der Waals surface area contributed by atoms with Crippen molar-refractivity contribution in [2.75, 3.05) is 13.2 Å². The van der Waals surface area contributed by atoms with Crippen LogP contribution in [0.5, 0.6) is 0 Å². The van der Waals surface area contributed by atoms with Crippen molar-refractivity contribution >= 4 is 28.4 Å². The first-order valence-electron chi connectivity index (χ1n) is 10.9. The van der Waals surface area contributed by atoms with Crippen LogP contribution in [0.1, 0.15) is 22.3 Å². The molecule has 2 heterocycles. The number of rotatable bonds is 5. The lowest BCUT2D eigenvalue weighted by Gasteiger charge is -2.28. The minimum absolute atomic E-state index is 0.0465. The Kier molecular flexibility index (Phi) is 5.45. The molecule has 2 aliphatic rings. The number of hydrogen-bond donors (Lipinski definition) is 1. The van der Waals surface area contributed by atoms with Crippen LogP contribution in [0.15, 0.2) is 72.8 Å². The number of ether oxygens (including phenoxy) is 1. The van der Waals surface area contributed by atoms with Crippen molar-refractivity contribution in [1.82, 2.24) is 10.2 Å². The average Bonchev–Trinajstić information content (AvgIpc) is 3.41. The highest BCUT2D eigenvalue weighted by Gasteiger charge is 2.48. The lowest BCUT2D eigenvalue weighted by Crippen LogP contribution is -2.53. The van der Waals surface area contributed by atoms with E-state index < -0.39 is 12.1 Å². The normalized spacial score (nSPS) is 20.9. The Morgan fingerprint density at radius 1 is 1.00 bits per heavy atom. The summed E-state index contributed by atoms with van der Waals surface area (Å²) in [5.74, 6) is -0.616. The number of carbonyl (C=O) groups is 3. The molecule has 2 amide bonds. The first-order valence-corrected chi connectivity index (χ1v) is 10.9. The van der Waals surface area contributed by atoms with Crippen LogP contribution >= 0.6 is 0 Å². The van der Waals surface area contributed by atoms with Crippen LogP contribution in [0.3, 0.4) is 0 Å². The molecule has 2 saturated heterocycles. The highest BCUT2D eigenvalue weighted by atomic mass is 16.5. The molecule has 0 saturated carbocycles. The lowest BCUT2D eigenvalue weighted by atomic mass is 10.0. The average molecular weight is 428 g/mol. The Balaban J connectivity index is 1.44. The van der Waals surface area contributed by atoms with Gasteiger partial charge in [-0.15, -0.1) is 0 Å². The summed E-state index contributed by atoms with van der Waals surface area (Å²) in [6, 6.07) is 21.5. The van der Waals surface area contributed by atoms with Crippen molar-refractivity contribution in [2.45, 2.75) is 31.0 Å². The number of ketones is 1. The molecule has 0 spiro atoms. The van der Waals surface area contributed by atoms with Gasteiger partial charge in [-0.2, -0.15) is 0 Å². The van der Waals surface area contributed by atoms with Gasteiger partial charge < -0.3 is 15.0 Å². The van der Waals surface area contributed by atoms with Crippen LogP contribution in [0, 0.1) is 0 Å². The minimum atomic E-state index is -0.781. The number of hydrogen-bond acceptors (Lipinski definition) is 4. The summed E-state index contributed by atoms with van der Waals surface area (Å²) in [4.78, 5) is 40.8.